The molecule has 3 saturated carbocycles. The topological polar surface area (TPSA) is 139 Å². The Kier molecular flexibility index (Phi) is 8.37. The Morgan fingerprint density at radius 3 is 2.43 bits per heavy atom. The number of fused-ring (bicyclic) bond motifs is 3. The third-order valence-corrected chi connectivity index (χ3v) is 15.9. The fraction of sp³-hybridized carbons (Fsp3) is 0.868. The van der Waals surface area contributed by atoms with Gasteiger partial charge in [0.25, 0.3) is 0 Å². The molecule has 1 saturated heterocycles. The van der Waals surface area contributed by atoms with E-state index in [1.54, 1.807) is 6.33 Å². The highest BCUT2D eigenvalue weighted by Gasteiger charge is 2.72. The maximum Gasteiger partial charge on any atom is 0.307 e. The highest BCUT2D eigenvalue weighted by molar-refractivity contribution is 5.73. The molecule has 0 amide bonds. The highest BCUT2D eigenvalue weighted by atomic mass is 16.5. The number of hydrogen-bond acceptors (Lipinski definition) is 7. The first-order valence-corrected chi connectivity index (χ1v) is 18.4. The van der Waals surface area contributed by atoms with Crippen molar-refractivity contribution in [1.82, 2.24) is 14.8 Å². The quantitative estimate of drug-likeness (QED) is 0.262. The van der Waals surface area contributed by atoms with Gasteiger partial charge in [0.05, 0.1) is 37.9 Å². The van der Waals surface area contributed by atoms with Crippen molar-refractivity contribution in [3.8, 4) is 0 Å². The smallest absolute Gasteiger partial charge is 0.307 e. The van der Waals surface area contributed by atoms with Gasteiger partial charge in [0.2, 0.25) is 5.95 Å². The summed E-state index contributed by atoms with van der Waals surface area (Å²) in [5, 5.41) is 15.7. The molecule has 9 heteroatoms. The standard InChI is InChI=1S/C38H63N5O4/c1-22(2)24(5)33(6)15-16-35(8)25-11-12-28-34(7)18-46-20-38(28,26(25)13-14-36(35,9)29(33)31(44)45)17-27(43-32(39)41-21-42-43)30(34)47-19-37(10,40)23(3)4/h13,21-25,27-30H,11-12,14-20,40H2,1-10H3,(H,44,45)(H2,39,41,42)/t24-,25+,27-,28+,29-,30+,33-,34?,35-,36+,37+,38+/m1/s1. The number of hydrogen-bond donors (Lipinski definition) is 3. The second-order valence-corrected chi connectivity index (χ2v) is 18.6. The molecule has 1 unspecified atom stereocenters. The van der Waals surface area contributed by atoms with Crippen molar-refractivity contribution in [1.29, 1.82) is 0 Å². The van der Waals surface area contributed by atoms with Crippen molar-refractivity contribution in [3.05, 3.63) is 18.0 Å². The molecule has 5 aliphatic rings. The number of aromatic nitrogens is 3. The number of carboxylic acids is 1. The molecule has 5 N–H and O–H groups in total. The zero-order valence-corrected chi connectivity index (χ0v) is 30.8. The van der Waals surface area contributed by atoms with Gasteiger partial charge in [-0.3, -0.25) is 4.79 Å². The Hall–Kier alpha value is -1.97. The Bertz CT molecular complexity index is 1410. The average molecular weight is 654 g/mol. The molecular weight excluding hydrogens is 590 g/mol. The third kappa shape index (κ3) is 4.75. The zero-order valence-electron chi connectivity index (χ0n) is 30.8. The summed E-state index contributed by atoms with van der Waals surface area (Å²) in [6.07, 6.45) is 9.52. The largest absolute Gasteiger partial charge is 0.481 e. The van der Waals surface area contributed by atoms with Crippen molar-refractivity contribution in [2.24, 2.45) is 68.3 Å². The summed E-state index contributed by atoms with van der Waals surface area (Å²) in [5.74, 6) is 1.01. The van der Waals surface area contributed by atoms with Gasteiger partial charge < -0.3 is 26.0 Å². The summed E-state index contributed by atoms with van der Waals surface area (Å²) < 4.78 is 15.5. The molecule has 12 atom stereocenters. The molecule has 1 aromatic rings. The highest BCUT2D eigenvalue weighted by Crippen LogP contribution is 2.75. The predicted octanol–water partition coefficient (Wildman–Crippen LogP) is 6.75. The second-order valence-electron chi connectivity index (χ2n) is 18.6. The number of nitrogens with two attached hydrogens (primary N) is 2. The first-order chi connectivity index (χ1) is 21.8. The van der Waals surface area contributed by atoms with Gasteiger partial charge in [-0.25, -0.2) is 9.67 Å². The van der Waals surface area contributed by atoms with Crippen molar-refractivity contribution < 1.29 is 19.4 Å². The molecule has 1 aliphatic heterocycles. The molecule has 47 heavy (non-hydrogen) atoms. The molecule has 264 valence electrons. The van der Waals surface area contributed by atoms with Crippen LogP contribution in [-0.2, 0) is 14.3 Å². The van der Waals surface area contributed by atoms with Crippen LogP contribution in [0.5, 0.6) is 0 Å². The number of anilines is 1. The van der Waals surface area contributed by atoms with E-state index in [9.17, 15) is 9.90 Å². The fourth-order valence-electron chi connectivity index (χ4n) is 12.1. The molecule has 2 heterocycles. The Labute approximate surface area is 283 Å². The van der Waals surface area contributed by atoms with Gasteiger partial charge >= 0.3 is 5.97 Å². The molecular formula is C38H63N5O4. The van der Waals surface area contributed by atoms with Crippen molar-refractivity contribution in [2.45, 2.75) is 125 Å². The fourth-order valence-corrected chi connectivity index (χ4v) is 12.1. The van der Waals surface area contributed by atoms with E-state index in [1.165, 1.54) is 5.57 Å². The number of aliphatic carboxylic acids is 1. The lowest BCUT2D eigenvalue weighted by atomic mass is 9.34. The van der Waals surface area contributed by atoms with Crippen molar-refractivity contribution >= 4 is 11.9 Å². The van der Waals surface area contributed by atoms with Gasteiger partial charge in [-0.15, -0.1) is 0 Å². The monoisotopic (exact) mass is 653 g/mol. The van der Waals surface area contributed by atoms with E-state index in [0.717, 1.165) is 38.5 Å². The van der Waals surface area contributed by atoms with Crippen molar-refractivity contribution in [3.63, 3.8) is 0 Å². The number of ether oxygens (including phenoxy) is 2. The van der Waals surface area contributed by atoms with Crippen LogP contribution in [0.2, 0.25) is 0 Å². The minimum Gasteiger partial charge on any atom is -0.481 e. The van der Waals surface area contributed by atoms with Crippen LogP contribution in [-0.4, -0.2) is 57.3 Å². The van der Waals surface area contributed by atoms with E-state index in [2.05, 4.69) is 85.4 Å². The molecule has 0 radical (unpaired) electrons. The first-order valence-electron chi connectivity index (χ1n) is 18.4. The zero-order chi connectivity index (χ0) is 34.5. The van der Waals surface area contributed by atoms with E-state index in [0.29, 0.717) is 49.4 Å². The van der Waals surface area contributed by atoms with Gasteiger partial charge in [-0.2, -0.15) is 5.10 Å². The Balaban J connectivity index is 1.45. The van der Waals surface area contributed by atoms with E-state index >= 15 is 0 Å². The number of allylic oxidation sites excluding steroid dienone is 1. The molecule has 4 aliphatic carbocycles. The van der Waals surface area contributed by atoms with E-state index < -0.39 is 17.4 Å². The number of nitrogen functional groups attached to an aromatic ring is 1. The van der Waals surface area contributed by atoms with Crippen LogP contribution >= 0.6 is 0 Å². The Morgan fingerprint density at radius 1 is 1.13 bits per heavy atom. The molecule has 0 aromatic carbocycles. The van der Waals surface area contributed by atoms with Crippen LogP contribution in [0.15, 0.2) is 18.0 Å². The van der Waals surface area contributed by atoms with Gasteiger partial charge in [-0.05, 0) is 91.3 Å². The minimum absolute atomic E-state index is 0.125. The van der Waals surface area contributed by atoms with E-state index in [1.807, 2.05) is 4.68 Å². The number of carbonyl (C=O) groups is 1. The summed E-state index contributed by atoms with van der Waals surface area (Å²) >= 11 is 0. The van der Waals surface area contributed by atoms with Crippen LogP contribution in [0.1, 0.15) is 114 Å². The SMILES string of the molecule is CC(C)[C@@H](C)[C@@]1(C)CC[C@]2(C)[C@H]3CC[C@H]4C5(C)COC[C@@]4(C[C@@H](n4ncnc4N)[C@@H]5OC[C@](C)(N)C(C)C)C3=CC[C@@]2(C)[C@@H]1C(=O)O. The van der Waals surface area contributed by atoms with E-state index in [4.69, 9.17) is 20.9 Å². The normalized spacial score (nSPS) is 45.0. The lowest BCUT2D eigenvalue weighted by molar-refractivity contribution is -0.252. The maximum absolute atomic E-state index is 13.4. The second kappa shape index (κ2) is 11.3. The van der Waals surface area contributed by atoms with Gasteiger partial charge in [0, 0.05) is 16.4 Å². The van der Waals surface area contributed by atoms with Gasteiger partial charge in [0.15, 0.2) is 0 Å². The lowest BCUT2D eigenvalue weighted by Crippen LogP contribution is -2.69. The minimum atomic E-state index is -0.627. The molecule has 9 nitrogen and oxygen atoms in total. The van der Waals surface area contributed by atoms with Crippen LogP contribution in [0, 0.1) is 62.6 Å². The number of nitrogens with zero attached hydrogens (tertiary/aromatic N) is 3. The predicted molar refractivity (Wildman–Crippen MR) is 184 cm³/mol. The first kappa shape index (κ1) is 34.9. The average Bonchev–Trinajstić information content (AvgIpc) is 3.41. The van der Waals surface area contributed by atoms with Gasteiger partial charge in [-0.1, -0.05) is 74.0 Å². The lowest BCUT2D eigenvalue weighted by Gasteiger charge is -2.71. The maximum atomic E-state index is 13.4. The molecule has 4 fully saturated rings. The molecule has 2 bridgehead atoms. The Morgan fingerprint density at radius 2 is 1.83 bits per heavy atom. The number of rotatable bonds is 8. The molecule has 6 rings (SSSR count). The van der Waals surface area contributed by atoms with E-state index in [-0.39, 0.29) is 45.1 Å². The molecule has 1 aromatic heterocycles. The summed E-state index contributed by atoms with van der Waals surface area (Å²) in [4.78, 5) is 17.8. The van der Waals surface area contributed by atoms with Crippen molar-refractivity contribution in [2.75, 3.05) is 25.6 Å². The van der Waals surface area contributed by atoms with Crippen LogP contribution < -0.4 is 11.5 Å². The summed E-state index contributed by atoms with van der Waals surface area (Å²) in [5.41, 5.74) is 13.0. The summed E-state index contributed by atoms with van der Waals surface area (Å²) in [6.45, 7) is 24.2. The molecule has 0 spiro atoms. The van der Waals surface area contributed by atoms with Crippen LogP contribution in [0.4, 0.5) is 5.95 Å². The summed E-state index contributed by atoms with van der Waals surface area (Å²) in [6, 6.07) is -0.125. The third-order valence-electron chi connectivity index (χ3n) is 15.9. The van der Waals surface area contributed by atoms with Crippen LogP contribution in [0.25, 0.3) is 0 Å². The van der Waals surface area contributed by atoms with Crippen LogP contribution in [0.3, 0.4) is 0 Å². The van der Waals surface area contributed by atoms with Gasteiger partial charge in [0.1, 0.15) is 6.33 Å². The number of carboxylic acid groups (broad SMARTS) is 1. The summed E-state index contributed by atoms with van der Waals surface area (Å²) in [7, 11) is 0.